The lowest BCUT2D eigenvalue weighted by molar-refractivity contribution is -0.161. The monoisotopic (exact) mass is 537 g/mol. The zero-order chi connectivity index (χ0) is 27.9. The number of ether oxygens (including phenoxy) is 2. The summed E-state index contributed by atoms with van der Waals surface area (Å²) < 4.78 is 13.6. The lowest BCUT2D eigenvalue weighted by Crippen LogP contribution is -2.59. The molecule has 0 radical (unpaired) electrons. The Morgan fingerprint density at radius 2 is 2.08 bits per heavy atom. The van der Waals surface area contributed by atoms with E-state index in [0.717, 1.165) is 5.52 Å². The van der Waals surface area contributed by atoms with E-state index in [4.69, 9.17) is 9.47 Å². The summed E-state index contributed by atoms with van der Waals surface area (Å²) in [6, 6.07) is 5.77. The average Bonchev–Trinajstić information content (AvgIpc) is 3.63. The van der Waals surface area contributed by atoms with Crippen LogP contribution in [0.1, 0.15) is 33.1 Å². The van der Waals surface area contributed by atoms with Gasteiger partial charge in [-0.25, -0.2) is 4.68 Å². The third-order valence-corrected chi connectivity index (χ3v) is 8.51. The molecule has 3 fully saturated rings. The number of para-hydroxylation sites is 1. The van der Waals surface area contributed by atoms with Gasteiger partial charge in [-0.05, 0) is 38.3 Å². The van der Waals surface area contributed by atoms with Gasteiger partial charge in [0.15, 0.2) is 0 Å². The number of carbonyl (C=O) groups is 3. The zero-order valence-corrected chi connectivity index (χ0v) is 22.4. The molecule has 1 spiro atoms. The van der Waals surface area contributed by atoms with Crippen molar-refractivity contribution in [1.29, 1.82) is 0 Å². The van der Waals surface area contributed by atoms with Crippen molar-refractivity contribution in [2.75, 3.05) is 19.8 Å². The minimum Gasteiger partial charge on any atom is -0.461 e. The Hall–Kier alpha value is -3.57. The van der Waals surface area contributed by atoms with E-state index in [0.29, 0.717) is 24.8 Å². The number of amides is 2. The molecule has 0 aliphatic carbocycles. The molecule has 4 heterocycles. The number of nitrogens with zero attached hydrogens (tertiary/aromatic N) is 5. The number of carbonyl (C=O) groups excluding carboxylic acids is 3. The molecule has 6 atom stereocenters. The Labute approximate surface area is 227 Å². The molecule has 2 aromatic rings. The maximum absolute atomic E-state index is 14.5. The van der Waals surface area contributed by atoms with Crippen LogP contribution < -0.4 is 0 Å². The lowest BCUT2D eigenvalue weighted by atomic mass is 9.66. The first kappa shape index (κ1) is 27.0. The summed E-state index contributed by atoms with van der Waals surface area (Å²) in [5, 5.41) is 18.7. The van der Waals surface area contributed by atoms with E-state index in [1.54, 1.807) is 15.7 Å². The topological polar surface area (TPSA) is 127 Å². The van der Waals surface area contributed by atoms with Crippen LogP contribution in [0.25, 0.3) is 11.0 Å². The number of aliphatic hydroxyl groups is 1. The van der Waals surface area contributed by atoms with E-state index < -0.39 is 41.1 Å². The van der Waals surface area contributed by atoms with Crippen molar-refractivity contribution in [2.45, 2.75) is 63.1 Å². The zero-order valence-electron chi connectivity index (χ0n) is 22.4. The molecule has 39 heavy (non-hydrogen) atoms. The molecule has 2 unspecified atom stereocenters. The first-order chi connectivity index (χ1) is 18.8. The van der Waals surface area contributed by atoms with Crippen LogP contribution >= 0.6 is 0 Å². The molecule has 1 aromatic heterocycles. The molecule has 3 saturated heterocycles. The van der Waals surface area contributed by atoms with Gasteiger partial charge in [-0.1, -0.05) is 43.0 Å². The second kappa shape index (κ2) is 10.2. The quantitative estimate of drug-likeness (QED) is 0.339. The van der Waals surface area contributed by atoms with Crippen molar-refractivity contribution >= 4 is 28.8 Å². The third kappa shape index (κ3) is 4.06. The van der Waals surface area contributed by atoms with Crippen molar-refractivity contribution in [3.63, 3.8) is 0 Å². The van der Waals surface area contributed by atoms with Crippen molar-refractivity contribution < 1.29 is 29.0 Å². The van der Waals surface area contributed by atoms with Gasteiger partial charge in [-0.3, -0.25) is 14.4 Å². The number of aliphatic hydroxyl groups excluding tert-OH is 1. The summed E-state index contributed by atoms with van der Waals surface area (Å²) in [5.41, 5.74) is -0.729. The molecule has 1 aromatic carbocycles. The van der Waals surface area contributed by atoms with Crippen molar-refractivity contribution in [3.05, 3.63) is 49.6 Å². The van der Waals surface area contributed by atoms with E-state index in [9.17, 15) is 19.5 Å². The second-order valence-electron chi connectivity index (χ2n) is 10.7. The smallest absolute Gasteiger partial charge is 0.313 e. The predicted octanol–water partition coefficient (Wildman–Crippen LogP) is 1.67. The molecule has 11 heteroatoms. The fourth-order valence-electron chi connectivity index (χ4n) is 6.77. The van der Waals surface area contributed by atoms with Gasteiger partial charge >= 0.3 is 5.97 Å². The number of aromatic nitrogens is 3. The van der Waals surface area contributed by atoms with Gasteiger partial charge in [0, 0.05) is 6.54 Å². The minimum absolute atomic E-state index is 0.0125. The van der Waals surface area contributed by atoms with Crippen molar-refractivity contribution in [1.82, 2.24) is 24.8 Å². The van der Waals surface area contributed by atoms with E-state index in [1.165, 1.54) is 11.0 Å². The molecular formula is C28H35N5O6. The number of fused-ring (bicyclic) bond motifs is 2. The summed E-state index contributed by atoms with van der Waals surface area (Å²) in [6.45, 7) is 11.0. The second-order valence-corrected chi connectivity index (χ2v) is 10.7. The molecule has 3 aliphatic rings. The molecule has 1 N–H and O–H groups in total. The summed E-state index contributed by atoms with van der Waals surface area (Å²) >= 11 is 0. The molecule has 5 rings (SSSR count). The predicted molar refractivity (Wildman–Crippen MR) is 141 cm³/mol. The van der Waals surface area contributed by atoms with Crippen LogP contribution in [0, 0.1) is 11.8 Å². The van der Waals surface area contributed by atoms with E-state index in [2.05, 4.69) is 23.5 Å². The van der Waals surface area contributed by atoms with Crippen molar-refractivity contribution in [2.24, 2.45) is 11.8 Å². The number of hydrogen-bond donors (Lipinski definition) is 1. The van der Waals surface area contributed by atoms with Gasteiger partial charge in [0.1, 0.15) is 36.4 Å². The largest absolute Gasteiger partial charge is 0.461 e. The fourth-order valence-corrected chi connectivity index (χ4v) is 6.77. The molecule has 2 bridgehead atoms. The standard InChI is InChI=1S/C28H35N5O6/c1-5-14-31(17-32-20-11-9-8-10-19(20)29-30-32)25(36)23-28-13-12-27(4,39-28)22(26(37)38-15-6-2)21(28)24(35)33(23)18(7-3)16-34/h5-6,8-11,18,21-23,34H,1-2,7,12-17H2,3-4H3/t18-,21-,22+,23?,27-,28?/m0/s1. The molecule has 3 aliphatic heterocycles. The summed E-state index contributed by atoms with van der Waals surface area (Å²) in [7, 11) is 0. The first-order valence-electron chi connectivity index (χ1n) is 13.3. The summed E-state index contributed by atoms with van der Waals surface area (Å²) in [4.78, 5) is 44.9. The number of likely N-dealkylation sites (tertiary alicyclic amines) is 1. The highest BCUT2D eigenvalue weighted by Gasteiger charge is 2.79. The van der Waals surface area contributed by atoms with Crippen LogP contribution in [0.3, 0.4) is 0 Å². The lowest BCUT2D eigenvalue weighted by Gasteiger charge is -2.39. The Balaban J connectivity index is 1.56. The Morgan fingerprint density at radius 1 is 1.31 bits per heavy atom. The Bertz CT molecular complexity index is 1310. The van der Waals surface area contributed by atoms with Crippen LogP contribution in [-0.2, 0) is 30.5 Å². The number of benzene rings is 1. The molecule has 0 saturated carbocycles. The summed E-state index contributed by atoms with van der Waals surface area (Å²) in [6.07, 6.45) is 4.42. The van der Waals surface area contributed by atoms with Crippen LogP contribution in [0.15, 0.2) is 49.6 Å². The number of rotatable bonds is 11. The van der Waals surface area contributed by atoms with Gasteiger partial charge in [-0.15, -0.1) is 11.7 Å². The fraction of sp³-hybridized carbons (Fsp3) is 0.536. The van der Waals surface area contributed by atoms with Crippen LogP contribution in [0.5, 0.6) is 0 Å². The van der Waals surface area contributed by atoms with Gasteiger partial charge in [0.2, 0.25) is 11.8 Å². The summed E-state index contributed by atoms with van der Waals surface area (Å²) in [5.74, 6) is -3.05. The third-order valence-electron chi connectivity index (χ3n) is 8.51. The highest BCUT2D eigenvalue weighted by Crippen LogP contribution is 2.63. The SMILES string of the molecule is C=CCOC(=O)[C@H]1[C@H]2C(=O)N([C@@H](CC)CO)C(C(=O)N(CC=C)Cn3nnc4ccccc43)C23CC[C@]1(C)O3. The first-order valence-corrected chi connectivity index (χ1v) is 13.3. The highest BCUT2D eigenvalue weighted by molar-refractivity contribution is 5.98. The molecule has 11 nitrogen and oxygen atoms in total. The minimum atomic E-state index is -1.23. The van der Waals surface area contributed by atoms with Crippen LogP contribution in [0.2, 0.25) is 0 Å². The van der Waals surface area contributed by atoms with Crippen molar-refractivity contribution in [3.8, 4) is 0 Å². The van der Waals surface area contributed by atoms with Gasteiger partial charge < -0.3 is 24.4 Å². The van der Waals surface area contributed by atoms with Gasteiger partial charge in [0.05, 0.1) is 29.7 Å². The van der Waals surface area contributed by atoms with Crippen LogP contribution in [-0.4, -0.2) is 90.7 Å². The van der Waals surface area contributed by atoms with Crippen LogP contribution in [0.4, 0.5) is 0 Å². The molecule has 2 amide bonds. The normalized spacial score (nSPS) is 29.9. The Morgan fingerprint density at radius 3 is 2.77 bits per heavy atom. The van der Waals surface area contributed by atoms with E-state index in [-0.39, 0.29) is 38.2 Å². The number of hydrogen-bond acceptors (Lipinski definition) is 8. The van der Waals surface area contributed by atoms with E-state index >= 15 is 0 Å². The van der Waals surface area contributed by atoms with E-state index in [1.807, 2.05) is 38.1 Å². The van der Waals surface area contributed by atoms with Gasteiger partial charge in [0.25, 0.3) is 0 Å². The Kier molecular flexibility index (Phi) is 7.06. The average molecular weight is 538 g/mol. The highest BCUT2D eigenvalue weighted by atomic mass is 16.6. The number of esters is 1. The molecular weight excluding hydrogens is 502 g/mol. The van der Waals surface area contributed by atoms with Gasteiger partial charge in [-0.2, -0.15) is 0 Å². The maximum Gasteiger partial charge on any atom is 0.313 e. The molecule has 208 valence electrons. The maximum atomic E-state index is 14.5.